The Bertz CT molecular complexity index is 692. The van der Waals surface area contributed by atoms with E-state index in [4.69, 9.17) is 11.6 Å². The molecule has 0 radical (unpaired) electrons. The Morgan fingerprint density at radius 2 is 1.95 bits per heavy atom. The number of rotatable bonds is 5. The molecule has 0 amide bonds. The van der Waals surface area contributed by atoms with Crippen LogP contribution in [0.1, 0.15) is 5.56 Å². The Kier molecular flexibility index (Phi) is 4.64. The minimum Gasteiger partial charge on any atom is -0.225 e. The SMILES string of the molecule is O=S(=O)(NCCc1cccc(F)c1)c1cnc(Cl)nc1. The summed E-state index contributed by atoms with van der Waals surface area (Å²) in [5.74, 6) is -0.351. The van der Waals surface area contributed by atoms with Crippen LogP contribution in [0.2, 0.25) is 5.28 Å². The summed E-state index contributed by atoms with van der Waals surface area (Å²) in [6.07, 6.45) is 2.63. The molecule has 0 spiro atoms. The molecular formula is C12H11ClFN3O2S. The second kappa shape index (κ2) is 6.25. The lowest BCUT2D eigenvalue weighted by atomic mass is 10.1. The van der Waals surface area contributed by atoms with Crippen molar-refractivity contribution < 1.29 is 12.8 Å². The number of sulfonamides is 1. The van der Waals surface area contributed by atoms with Gasteiger partial charge in [0.2, 0.25) is 15.3 Å². The summed E-state index contributed by atoms with van der Waals surface area (Å²) in [6, 6.07) is 5.99. The highest BCUT2D eigenvalue weighted by Gasteiger charge is 2.14. The molecule has 106 valence electrons. The Balaban J connectivity index is 1.98. The predicted molar refractivity (Wildman–Crippen MR) is 72.3 cm³/mol. The third-order valence-electron chi connectivity index (χ3n) is 2.50. The van der Waals surface area contributed by atoms with Crippen molar-refractivity contribution in [2.45, 2.75) is 11.3 Å². The van der Waals surface area contributed by atoms with Crippen LogP contribution in [0.4, 0.5) is 4.39 Å². The quantitative estimate of drug-likeness (QED) is 0.854. The van der Waals surface area contributed by atoms with Crippen LogP contribution in [0, 0.1) is 5.82 Å². The first kappa shape index (κ1) is 14.8. The largest absolute Gasteiger partial charge is 0.243 e. The van der Waals surface area contributed by atoms with E-state index in [0.717, 1.165) is 12.4 Å². The van der Waals surface area contributed by atoms with Gasteiger partial charge in [-0.05, 0) is 35.7 Å². The van der Waals surface area contributed by atoms with Gasteiger partial charge in [0, 0.05) is 6.54 Å². The number of halogens is 2. The van der Waals surface area contributed by atoms with Gasteiger partial charge in [0.25, 0.3) is 0 Å². The lowest BCUT2D eigenvalue weighted by Gasteiger charge is -2.06. The smallest absolute Gasteiger partial charge is 0.225 e. The van der Waals surface area contributed by atoms with E-state index in [-0.39, 0.29) is 22.5 Å². The van der Waals surface area contributed by atoms with Gasteiger partial charge in [-0.3, -0.25) is 0 Å². The maximum Gasteiger partial charge on any atom is 0.243 e. The maximum absolute atomic E-state index is 13.0. The molecule has 0 aliphatic carbocycles. The Labute approximate surface area is 120 Å². The van der Waals surface area contributed by atoms with Crippen LogP contribution in [-0.2, 0) is 16.4 Å². The summed E-state index contributed by atoms with van der Waals surface area (Å²) in [7, 11) is -3.68. The molecule has 2 aromatic rings. The second-order valence-electron chi connectivity index (χ2n) is 3.97. The number of benzene rings is 1. The van der Waals surface area contributed by atoms with E-state index in [2.05, 4.69) is 14.7 Å². The van der Waals surface area contributed by atoms with Crippen LogP contribution in [0.3, 0.4) is 0 Å². The third kappa shape index (κ3) is 3.96. The first-order chi connectivity index (χ1) is 9.47. The fourth-order valence-corrected chi connectivity index (χ4v) is 2.56. The van der Waals surface area contributed by atoms with Crippen LogP contribution in [0.15, 0.2) is 41.6 Å². The van der Waals surface area contributed by atoms with Crippen molar-refractivity contribution in [1.82, 2.24) is 14.7 Å². The predicted octanol–water partition coefficient (Wildman–Crippen LogP) is 1.79. The fraction of sp³-hybridized carbons (Fsp3) is 0.167. The number of aromatic nitrogens is 2. The normalized spacial score (nSPS) is 11.5. The molecule has 2 rings (SSSR count). The molecule has 0 saturated carbocycles. The summed E-state index contributed by atoms with van der Waals surface area (Å²) >= 11 is 5.49. The zero-order valence-corrected chi connectivity index (χ0v) is 11.8. The van der Waals surface area contributed by atoms with Gasteiger partial charge in [-0.25, -0.2) is 27.5 Å². The van der Waals surface area contributed by atoms with E-state index in [1.165, 1.54) is 12.1 Å². The molecule has 0 saturated heterocycles. The molecule has 0 atom stereocenters. The minimum atomic E-state index is -3.68. The third-order valence-corrected chi connectivity index (χ3v) is 4.11. The van der Waals surface area contributed by atoms with Gasteiger partial charge in [0.15, 0.2) is 0 Å². The molecule has 20 heavy (non-hydrogen) atoms. The number of nitrogens with one attached hydrogen (secondary N) is 1. The second-order valence-corrected chi connectivity index (χ2v) is 6.07. The van der Waals surface area contributed by atoms with Gasteiger partial charge in [-0.15, -0.1) is 0 Å². The Hall–Kier alpha value is -1.57. The van der Waals surface area contributed by atoms with Crippen molar-refractivity contribution in [3.05, 3.63) is 53.3 Å². The highest BCUT2D eigenvalue weighted by Crippen LogP contribution is 2.08. The molecule has 1 heterocycles. The maximum atomic E-state index is 13.0. The lowest BCUT2D eigenvalue weighted by Crippen LogP contribution is -2.26. The number of hydrogen-bond acceptors (Lipinski definition) is 4. The average Bonchev–Trinajstić information content (AvgIpc) is 2.39. The van der Waals surface area contributed by atoms with Crippen LogP contribution in [-0.4, -0.2) is 24.9 Å². The molecule has 1 aromatic heterocycles. The first-order valence-corrected chi connectivity index (χ1v) is 7.55. The van der Waals surface area contributed by atoms with E-state index < -0.39 is 10.0 Å². The summed E-state index contributed by atoms with van der Waals surface area (Å²) in [4.78, 5) is 7.15. The van der Waals surface area contributed by atoms with E-state index in [9.17, 15) is 12.8 Å². The molecule has 1 aromatic carbocycles. The van der Waals surface area contributed by atoms with Crippen LogP contribution < -0.4 is 4.72 Å². The highest BCUT2D eigenvalue weighted by molar-refractivity contribution is 7.89. The molecule has 0 unspecified atom stereocenters. The Morgan fingerprint density at radius 3 is 2.60 bits per heavy atom. The van der Waals surface area contributed by atoms with Crippen molar-refractivity contribution in [2.75, 3.05) is 6.54 Å². The van der Waals surface area contributed by atoms with Crippen LogP contribution in [0.25, 0.3) is 0 Å². The molecule has 0 fully saturated rings. The van der Waals surface area contributed by atoms with Gasteiger partial charge >= 0.3 is 0 Å². The molecular weight excluding hydrogens is 305 g/mol. The number of nitrogens with zero attached hydrogens (tertiary/aromatic N) is 2. The summed E-state index contributed by atoms with van der Waals surface area (Å²) in [6.45, 7) is 0.147. The van der Waals surface area contributed by atoms with Gasteiger partial charge in [-0.1, -0.05) is 12.1 Å². The summed E-state index contributed by atoms with van der Waals surface area (Å²) in [5, 5.41) is -0.0243. The van der Waals surface area contributed by atoms with Gasteiger partial charge in [0.1, 0.15) is 10.7 Å². The van der Waals surface area contributed by atoms with E-state index in [1.807, 2.05) is 0 Å². The van der Waals surface area contributed by atoms with E-state index >= 15 is 0 Å². The van der Waals surface area contributed by atoms with E-state index in [0.29, 0.717) is 12.0 Å². The molecule has 0 bridgehead atoms. The van der Waals surface area contributed by atoms with Crippen molar-refractivity contribution in [3.8, 4) is 0 Å². The fourth-order valence-electron chi connectivity index (χ4n) is 1.54. The topological polar surface area (TPSA) is 72.0 Å². The monoisotopic (exact) mass is 315 g/mol. The highest BCUT2D eigenvalue weighted by atomic mass is 35.5. The first-order valence-electron chi connectivity index (χ1n) is 5.69. The van der Waals surface area contributed by atoms with Crippen molar-refractivity contribution in [2.24, 2.45) is 0 Å². The lowest BCUT2D eigenvalue weighted by molar-refractivity contribution is 0.580. The van der Waals surface area contributed by atoms with Gasteiger partial charge in [-0.2, -0.15) is 0 Å². The molecule has 0 aliphatic heterocycles. The zero-order chi connectivity index (χ0) is 14.6. The zero-order valence-electron chi connectivity index (χ0n) is 10.3. The molecule has 5 nitrogen and oxygen atoms in total. The van der Waals surface area contributed by atoms with Crippen LogP contribution >= 0.6 is 11.6 Å². The average molecular weight is 316 g/mol. The number of hydrogen-bond donors (Lipinski definition) is 1. The van der Waals surface area contributed by atoms with Crippen molar-refractivity contribution in [3.63, 3.8) is 0 Å². The summed E-state index contributed by atoms with van der Waals surface area (Å²) in [5.41, 5.74) is 0.708. The standard InChI is InChI=1S/C12H11ClFN3O2S/c13-12-15-7-11(8-16-12)20(18,19)17-5-4-9-2-1-3-10(14)6-9/h1-3,6-8,17H,4-5H2. The van der Waals surface area contributed by atoms with Crippen molar-refractivity contribution in [1.29, 1.82) is 0 Å². The summed E-state index contributed by atoms with van der Waals surface area (Å²) < 4.78 is 39.1. The van der Waals surface area contributed by atoms with Gasteiger partial charge in [0.05, 0.1) is 12.4 Å². The Morgan fingerprint density at radius 1 is 1.25 bits per heavy atom. The minimum absolute atomic E-state index is 0.0243. The van der Waals surface area contributed by atoms with Crippen LogP contribution in [0.5, 0.6) is 0 Å². The van der Waals surface area contributed by atoms with Gasteiger partial charge < -0.3 is 0 Å². The molecule has 8 heteroatoms. The molecule has 1 N–H and O–H groups in total. The van der Waals surface area contributed by atoms with Crippen molar-refractivity contribution >= 4 is 21.6 Å². The molecule has 0 aliphatic rings. The van der Waals surface area contributed by atoms with E-state index in [1.54, 1.807) is 12.1 Å².